The van der Waals surface area contributed by atoms with E-state index in [1.807, 2.05) is 6.92 Å². The van der Waals surface area contributed by atoms with Gasteiger partial charge in [-0.05, 0) is 25.1 Å². The third kappa shape index (κ3) is 3.39. The number of nitrogens with zero attached hydrogens (tertiary/aromatic N) is 3. The minimum atomic E-state index is 0.0620. The Labute approximate surface area is 121 Å². The molecule has 1 aromatic carbocycles. The van der Waals surface area contributed by atoms with E-state index in [1.165, 1.54) is 0 Å². The summed E-state index contributed by atoms with van der Waals surface area (Å²) in [4.78, 5) is 11.9. The number of benzene rings is 1. The maximum absolute atomic E-state index is 5.95. The number of ether oxygens (including phenoxy) is 2. The van der Waals surface area contributed by atoms with Crippen LogP contribution in [-0.2, 0) is 0 Å². The van der Waals surface area contributed by atoms with Crippen LogP contribution in [0, 0.1) is 0 Å². The van der Waals surface area contributed by atoms with Crippen molar-refractivity contribution in [1.29, 1.82) is 0 Å². The third-order valence-electron chi connectivity index (χ3n) is 2.31. The van der Waals surface area contributed by atoms with Crippen molar-refractivity contribution >= 4 is 29.2 Å². The molecule has 8 heteroatoms. The normalized spacial score (nSPS) is 10.2. The molecule has 0 amide bonds. The molecule has 0 aliphatic rings. The van der Waals surface area contributed by atoms with Crippen LogP contribution in [0.5, 0.6) is 11.8 Å². The zero-order chi connectivity index (χ0) is 14.5. The van der Waals surface area contributed by atoms with E-state index in [0.717, 1.165) is 0 Å². The van der Waals surface area contributed by atoms with Crippen molar-refractivity contribution in [2.24, 2.45) is 0 Å². The molecule has 0 atom stereocenters. The van der Waals surface area contributed by atoms with Crippen molar-refractivity contribution in [3.8, 4) is 11.8 Å². The predicted octanol–water partition coefficient (Wildman–Crippen LogP) is 2.26. The van der Waals surface area contributed by atoms with Gasteiger partial charge in [-0.1, -0.05) is 11.6 Å². The standard InChI is InChI=1S/C12H14ClN5O2/c1-3-20-12-17-10(14)16-11(18-12)15-8-6-7(13)4-5-9(8)19-2/h4-6H,3H2,1-2H3,(H3,14,15,16,17,18). The lowest BCUT2D eigenvalue weighted by atomic mass is 10.3. The van der Waals surface area contributed by atoms with Gasteiger partial charge in [-0.3, -0.25) is 0 Å². The van der Waals surface area contributed by atoms with Crippen LogP contribution in [0.2, 0.25) is 5.02 Å². The highest BCUT2D eigenvalue weighted by Gasteiger charge is 2.09. The molecular formula is C12H14ClN5O2. The Balaban J connectivity index is 2.31. The van der Waals surface area contributed by atoms with Crippen molar-refractivity contribution in [3.63, 3.8) is 0 Å². The van der Waals surface area contributed by atoms with Crippen molar-refractivity contribution < 1.29 is 9.47 Å². The molecule has 2 rings (SSSR count). The van der Waals surface area contributed by atoms with Crippen LogP contribution in [0.1, 0.15) is 6.92 Å². The molecule has 0 unspecified atom stereocenters. The first-order valence-electron chi connectivity index (χ1n) is 5.87. The zero-order valence-corrected chi connectivity index (χ0v) is 11.8. The Bertz CT molecular complexity index is 608. The smallest absolute Gasteiger partial charge is 0.323 e. The summed E-state index contributed by atoms with van der Waals surface area (Å²) in [6, 6.07) is 5.31. The van der Waals surface area contributed by atoms with E-state index < -0.39 is 0 Å². The van der Waals surface area contributed by atoms with E-state index >= 15 is 0 Å². The summed E-state index contributed by atoms with van der Waals surface area (Å²) in [6.45, 7) is 2.26. The zero-order valence-electron chi connectivity index (χ0n) is 11.1. The van der Waals surface area contributed by atoms with Crippen molar-refractivity contribution in [2.45, 2.75) is 6.92 Å². The lowest BCUT2D eigenvalue weighted by molar-refractivity contribution is 0.312. The molecular weight excluding hydrogens is 282 g/mol. The highest BCUT2D eigenvalue weighted by atomic mass is 35.5. The van der Waals surface area contributed by atoms with E-state index in [-0.39, 0.29) is 17.9 Å². The van der Waals surface area contributed by atoms with Gasteiger partial charge in [0, 0.05) is 5.02 Å². The molecule has 0 spiro atoms. The Kier molecular flexibility index (Phi) is 4.41. The summed E-state index contributed by atoms with van der Waals surface area (Å²) < 4.78 is 10.4. The summed E-state index contributed by atoms with van der Waals surface area (Å²) in [7, 11) is 1.56. The number of nitrogen functional groups attached to an aromatic ring is 1. The first-order chi connectivity index (χ1) is 9.62. The monoisotopic (exact) mass is 295 g/mol. The van der Waals surface area contributed by atoms with Crippen molar-refractivity contribution in [2.75, 3.05) is 24.8 Å². The first kappa shape index (κ1) is 14.1. The highest BCUT2D eigenvalue weighted by molar-refractivity contribution is 6.30. The van der Waals surface area contributed by atoms with E-state index in [4.69, 9.17) is 26.8 Å². The maximum Gasteiger partial charge on any atom is 0.323 e. The fraction of sp³-hybridized carbons (Fsp3) is 0.250. The largest absolute Gasteiger partial charge is 0.495 e. The molecule has 0 aliphatic heterocycles. The molecule has 7 nitrogen and oxygen atoms in total. The molecule has 106 valence electrons. The lowest BCUT2D eigenvalue weighted by Gasteiger charge is -2.11. The fourth-order valence-corrected chi connectivity index (χ4v) is 1.69. The van der Waals surface area contributed by atoms with Gasteiger partial charge in [0.25, 0.3) is 0 Å². The highest BCUT2D eigenvalue weighted by Crippen LogP contribution is 2.29. The molecule has 1 aromatic heterocycles. The molecule has 0 saturated heterocycles. The molecule has 0 bridgehead atoms. The van der Waals surface area contributed by atoms with Gasteiger partial charge in [0.2, 0.25) is 11.9 Å². The lowest BCUT2D eigenvalue weighted by Crippen LogP contribution is -2.07. The van der Waals surface area contributed by atoms with Crippen molar-refractivity contribution in [3.05, 3.63) is 23.2 Å². The summed E-state index contributed by atoms with van der Waals surface area (Å²) in [5, 5.41) is 3.53. The average molecular weight is 296 g/mol. The number of methoxy groups -OCH3 is 1. The molecule has 1 heterocycles. The van der Waals surface area contributed by atoms with Gasteiger partial charge in [0.05, 0.1) is 19.4 Å². The molecule has 0 aliphatic carbocycles. The topological polar surface area (TPSA) is 95.2 Å². The van der Waals surface area contributed by atoms with Gasteiger partial charge in [-0.15, -0.1) is 0 Å². The van der Waals surface area contributed by atoms with Crippen LogP contribution in [0.15, 0.2) is 18.2 Å². The van der Waals surface area contributed by atoms with Gasteiger partial charge in [-0.25, -0.2) is 0 Å². The molecule has 0 saturated carbocycles. The average Bonchev–Trinajstić information content (AvgIpc) is 2.38. The summed E-state index contributed by atoms with van der Waals surface area (Å²) in [5.41, 5.74) is 6.22. The molecule has 20 heavy (non-hydrogen) atoms. The van der Waals surface area contributed by atoms with E-state index in [9.17, 15) is 0 Å². The Morgan fingerprint density at radius 3 is 2.80 bits per heavy atom. The van der Waals surface area contributed by atoms with Crippen LogP contribution < -0.4 is 20.5 Å². The van der Waals surface area contributed by atoms with E-state index in [0.29, 0.717) is 23.1 Å². The Hall–Kier alpha value is -2.28. The van der Waals surface area contributed by atoms with Gasteiger partial charge >= 0.3 is 6.01 Å². The molecule has 3 N–H and O–H groups in total. The quantitative estimate of drug-likeness (QED) is 0.873. The van der Waals surface area contributed by atoms with Crippen molar-refractivity contribution in [1.82, 2.24) is 15.0 Å². The molecule has 0 radical (unpaired) electrons. The summed E-state index contributed by atoms with van der Waals surface area (Å²) in [6.07, 6.45) is 0. The molecule has 2 aromatic rings. The predicted molar refractivity (Wildman–Crippen MR) is 76.7 cm³/mol. The minimum absolute atomic E-state index is 0.0620. The number of aromatic nitrogens is 3. The second kappa shape index (κ2) is 6.25. The second-order valence-electron chi connectivity index (χ2n) is 3.70. The third-order valence-corrected chi connectivity index (χ3v) is 2.55. The Morgan fingerprint density at radius 1 is 1.30 bits per heavy atom. The van der Waals surface area contributed by atoms with Gasteiger partial charge in [-0.2, -0.15) is 15.0 Å². The van der Waals surface area contributed by atoms with Crippen LogP contribution in [0.25, 0.3) is 0 Å². The van der Waals surface area contributed by atoms with Gasteiger partial charge in [0.1, 0.15) is 5.75 Å². The fourth-order valence-electron chi connectivity index (χ4n) is 1.52. The minimum Gasteiger partial charge on any atom is -0.495 e. The van der Waals surface area contributed by atoms with Gasteiger partial charge in [0.15, 0.2) is 0 Å². The van der Waals surface area contributed by atoms with Crippen LogP contribution in [0.4, 0.5) is 17.6 Å². The van der Waals surface area contributed by atoms with E-state index in [1.54, 1.807) is 25.3 Å². The van der Waals surface area contributed by atoms with Crippen LogP contribution in [-0.4, -0.2) is 28.7 Å². The summed E-state index contributed by atoms with van der Waals surface area (Å²) >= 11 is 5.95. The van der Waals surface area contributed by atoms with Gasteiger partial charge < -0.3 is 20.5 Å². The number of hydrogen-bond acceptors (Lipinski definition) is 7. The first-order valence-corrected chi connectivity index (χ1v) is 6.25. The summed E-state index contributed by atoms with van der Waals surface area (Å²) in [5.74, 6) is 0.916. The van der Waals surface area contributed by atoms with Crippen LogP contribution in [0.3, 0.4) is 0 Å². The maximum atomic E-state index is 5.95. The SMILES string of the molecule is CCOc1nc(N)nc(Nc2cc(Cl)ccc2OC)n1. The number of rotatable bonds is 5. The number of nitrogens with one attached hydrogen (secondary N) is 1. The Morgan fingerprint density at radius 2 is 2.10 bits per heavy atom. The van der Waals surface area contributed by atoms with Crippen LogP contribution >= 0.6 is 11.6 Å². The number of nitrogens with two attached hydrogens (primary N) is 1. The number of halogens is 1. The number of hydrogen-bond donors (Lipinski definition) is 2. The van der Waals surface area contributed by atoms with E-state index in [2.05, 4.69) is 20.3 Å². The molecule has 0 fully saturated rings. The second-order valence-corrected chi connectivity index (χ2v) is 4.14. The number of anilines is 3.